The second-order valence-corrected chi connectivity index (χ2v) is 10.1. The fraction of sp³-hybridized carbons (Fsp3) is 0.273. The number of pyridine rings is 1. The summed E-state index contributed by atoms with van der Waals surface area (Å²) in [7, 11) is -2.38. The molecular formula is C22H24ClN3O4S. The predicted molar refractivity (Wildman–Crippen MR) is 119 cm³/mol. The minimum atomic E-state index is -4.03. The minimum Gasteiger partial charge on any atom is -0.444 e. The Bertz CT molecular complexity index is 1180. The van der Waals surface area contributed by atoms with Crippen molar-refractivity contribution in [1.82, 2.24) is 13.9 Å². The number of hydrogen-bond acceptors (Lipinski definition) is 5. The van der Waals surface area contributed by atoms with Crippen LogP contribution in [-0.4, -0.2) is 41.0 Å². The third kappa shape index (κ3) is 4.91. The summed E-state index contributed by atoms with van der Waals surface area (Å²) in [5, 5.41) is -0.116. The molecule has 3 rings (SSSR count). The molecule has 0 aliphatic carbocycles. The number of carbonyl (C=O) groups excluding carboxylic acids is 1. The highest BCUT2D eigenvalue weighted by atomic mass is 35.5. The van der Waals surface area contributed by atoms with Gasteiger partial charge in [0, 0.05) is 30.5 Å². The topological polar surface area (TPSA) is 81.5 Å². The molecule has 0 saturated heterocycles. The van der Waals surface area contributed by atoms with Crippen molar-refractivity contribution >= 4 is 27.7 Å². The van der Waals surface area contributed by atoms with E-state index in [1.807, 2.05) is 39.0 Å². The number of carbonyl (C=O) groups is 1. The first-order chi connectivity index (χ1) is 14.5. The van der Waals surface area contributed by atoms with E-state index in [0.29, 0.717) is 16.8 Å². The Morgan fingerprint density at radius 1 is 1.16 bits per heavy atom. The maximum atomic E-state index is 13.4. The molecule has 1 aromatic carbocycles. The van der Waals surface area contributed by atoms with Crippen LogP contribution in [0.1, 0.15) is 26.3 Å². The van der Waals surface area contributed by atoms with Gasteiger partial charge in [-0.25, -0.2) is 22.2 Å². The van der Waals surface area contributed by atoms with Crippen LogP contribution in [0.4, 0.5) is 4.79 Å². The molecule has 31 heavy (non-hydrogen) atoms. The van der Waals surface area contributed by atoms with Gasteiger partial charge in [-0.3, -0.25) is 0 Å². The van der Waals surface area contributed by atoms with E-state index < -0.39 is 21.7 Å². The lowest BCUT2D eigenvalue weighted by atomic mass is 10.1. The van der Waals surface area contributed by atoms with Crippen molar-refractivity contribution in [2.24, 2.45) is 0 Å². The van der Waals surface area contributed by atoms with E-state index in [0.717, 1.165) is 3.97 Å². The zero-order chi connectivity index (χ0) is 22.8. The van der Waals surface area contributed by atoms with Gasteiger partial charge in [0.1, 0.15) is 16.7 Å². The number of nitrogens with zero attached hydrogens (tertiary/aromatic N) is 3. The van der Waals surface area contributed by atoms with Crippen LogP contribution in [0.25, 0.3) is 11.3 Å². The molecular weight excluding hydrogens is 438 g/mol. The number of ether oxygens (including phenoxy) is 1. The maximum Gasteiger partial charge on any atom is 0.410 e. The Morgan fingerprint density at radius 2 is 1.84 bits per heavy atom. The highest BCUT2D eigenvalue weighted by Crippen LogP contribution is 2.29. The van der Waals surface area contributed by atoms with Gasteiger partial charge in [0.15, 0.2) is 0 Å². The van der Waals surface area contributed by atoms with E-state index in [-0.39, 0.29) is 16.7 Å². The van der Waals surface area contributed by atoms with Crippen LogP contribution in [0.5, 0.6) is 0 Å². The molecule has 2 heterocycles. The zero-order valence-electron chi connectivity index (χ0n) is 17.7. The van der Waals surface area contributed by atoms with Crippen molar-refractivity contribution in [2.75, 3.05) is 7.05 Å². The van der Waals surface area contributed by atoms with Crippen molar-refractivity contribution < 1.29 is 17.9 Å². The zero-order valence-corrected chi connectivity index (χ0v) is 19.3. The van der Waals surface area contributed by atoms with Gasteiger partial charge in [0.2, 0.25) is 0 Å². The number of rotatable bonds is 5. The average molecular weight is 462 g/mol. The molecule has 0 fully saturated rings. The maximum absolute atomic E-state index is 13.4. The Balaban J connectivity index is 2.01. The number of aromatic nitrogens is 2. The van der Waals surface area contributed by atoms with Crippen molar-refractivity contribution in [2.45, 2.75) is 37.8 Å². The summed E-state index contributed by atoms with van der Waals surface area (Å²) in [4.78, 5) is 17.6. The van der Waals surface area contributed by atoms with Crippen LogP contribution in [0.3, 0.4) is 0 Å². The Labute approximate surface area is 187 Å². The summed E-state index contributed by atoms with van der Waals surface area (Å²) < 4.78 is 33.3. The number of benzene rings is 1. The Morgan fingerprint density at radius 3 is 2.45 bits per heavy atom. The predicted octanol–water partition coefficient (Wildman–Crippen LogP) is 4.81. The van der Waals surface area contributed by atoms with E-state index in [4.69, 9.17) is 16.3 Å². The van der Waals surface area contributed by atoms with Gasteiger partial charge in [-0.2, -0.15) is 0 Å². The summed E-state index contributed by atoms with van der Waals surface area (Å²) in [5.74, 6) is 0. The quantitative estimate of drug-likeness (QED) is 0.509. The third-order valence-corrected chi connectivity index (χ3v) is 6.93. The minimum absolute atomic E-state index is 0.0810. The molecule has 0 aliphatic rings. The molecule has 0 unspecified atom stereocenters. The average Bonchev–Trinajstić information content (AvgIpc) is 3.17. The molecule has 0 saturated carbocycles. The smallest absolute Gasteiger partial charge is 0.410 e. The second kappa shape index (κ2) is 8.72. The number of hydrogen-bond donors (Lipinski definition) is 0. The van der Waals surface area contributed by atoms with Gasteiger partial charge < -0.3 is 9.64 Å². The molecule has 3 aromatic rings. The van der Waals surface area contributed by atoms with E-state index in [1.165, 1.54) is 29.4 Å². The first-order valence-electron chi connectivity index (χ1n) is 9.55. The van der Waals surface area contributed by atoms with E-state index in [1.54, 1.807) is 25.2 Å². The van der Waals surface area contributed by atoms with Crippen molar-refractivity contribution in [1.29, 1.82) is 0 Å². The summed E-state index contributed by atoms with van der Waals surface area (Å²) in [6.45, 7) is 5.59. The molecule has 164 valence electrons. The monoisotopic (exact) mass is 461 g/mol. The van der Waals surface area contributed by atoms with Gasteiger partial charge in [0.25, 0.3) is 10.0 Å². The van der Waals surface area contributed by atoms with E-state index >= 15 is 0 Å². The summed E-state index contributed by atoms with van der Waals surface area (Å²) in [6.07, 6.45) is 2.36. The fourth-order valence-corrected chi connectivity index (χ4v) is 4.61. The van der Waals surface area contributed by atoms with Crippen LogP contribution in [0.2, 0.25) is 5.15 Å². The second-order valence-electron chi connectivity index (χ2n) is 7.98. The molecule has 0 radical (unpaired) electrons. The van der Waals surface area contributed by atoms with Crippen molar-refractivity contribution in [3.8, 4) is 11.3 Å². The van der Waals surface area contributed by atoms with E-state index in [2.05, 4.69) is 4.98 Å². The van der Waals surface area contributed by atoms with Gasteiger partial charge in [-0.05, 0) is 44.5 Å². The van der Waals surface area contributed by atoms with E-state index in [9.17, 15) is 13.2 Å². The number of halogens is 1. The van der Waals surface area contributed by atoms with Crippen LogP contribution in [-0.2, 0) is 21.4 Å². The van der Waals surface area contributed by atoms with Gasteiger partial charge in [-0.1, -0.05) is 41.9 Å². The van der Waals surface area contributed by atoms with Crippen LogP contribution in [0, 0.1) is 0 Å². The summed E-state index contributed by atoms with van der Waals surface area (Å²) in [6, 6.07) is 13.7. The first kappa shape index (κ1) is 22.8. The molecule has 7 nitrogen and oxygen atoms in total. The van der Waals surface area contributed by atoms with Crippen LogP contribution < -0.4 is 0 Å². The number of amides is 1. The summed E-state index contributed by atoms with van der Waals surface area (Å²) >= 11 is 6.07. The molecule has 9 heteroatoms. The normalized spacial score (nSPS) is 11.9. The molecule has 0 N–H and O–H groups in total. The third-order valence-electron chi connectivity index (χ3n) is 4.82. The largest absolute Gasteiger partial charge is 0.444 e. The lowest BCUT2D eigenvalue weighted by Crippen LogP contribution is -2.42. The molecule has 0 atom stereocenters. The standard InChI is InChI=1S/C22H24ClN3O4S/c1-22(2,3)25(4)21(27)30-15-16-13-18(17-9-6-5-7-10-17)26(14-16)31(28,29)19-11-8-12-24-20(19)23/h5-14H,15H2,1-4H3. The highest BCUT2D eigenvalue weighted by Gasteiger charge is 2.26. The molecule has 0 bridgehead atoms. The van der Waals surface area contributed by atoms with Gasteiger partial charge >= 0.3 is 6.09 Å². The Hall–Kier alpha value is -2.84. The van der Waals surface area contributed by atoms with Crippen LogP contribution >= 0.6 is 11.6 Å². The van der Waals surface area contributed by atoms with Crippen molar-refractivity contribution in [3.63, 3.8) is 0 Å². The highest BCUT2D eigenvalue weighted by molar-refractivity contribution is 7.90. The lowest BCUT2D eigenvalue weighted by Gasteiger charge is -2.30. The fourth-order valence-electron chi connectivity index (χ4n) is 2.78. The lowest BCUT2D eigenvalue weighted by molar-refractivity contribution is 0.0759. The molecule has 1 amide bonds. The van der Waals surface area contributed by atoms with Gasteiger partial charge in [-0.15, -0.1) is 0 Å². The summed E-state index contributed by atoms with van der Waals surface area (Å²) in [5.41, 5.74) is 1.24. The van der Waals surface area contributed by atoms with Crippen molar-refractivity contribution in [3.05, 3.63) is 71.6 Å². The van der Waals surface area contributed by atoms with Gasteiger partial charge in [0.05, 0.1) is 5.69 Å². The molecule has 0 spiro atoms. The SMILES string of the molecule is CN(C(=O)OCc1cc(-c2ccccc2)n(S(=O)(=O)c2cccnc2Cl)c1)C(C)(C)C. The molecule has 0 aliphatic heterocycles. The first-order valence-corrected chi connectivity index (χ1v) is 11.4. The van der Waals surface area contributed by atoms with Crippen LogP contribution in [0.15, 0.2) is 65.8 Å². The Kier molecular flexibility index (Phi) is 6.43. The molecule has 2 aromatic heterocycles.